The summed E-state index contributed by atoms with van der Waals surface area (Å²) in [5, 5.41) is 10.9. The maximum atomic E-state index is 10.9. The minimum atomic E-state index is -0.132. The molecular formula is C23H39NO2. The zero-order valence-corrected chi connectivity index (χ0v) is 17.0. The van der Waals surface area contributed by atoms with Gasteiger partial charge >= 0.3 is 0 Å². The average molecular weight is 362 g/mol. The molecule has 148 valence electrons. The third kappa shape index (κ3) is 2.81. The molecule has 0 aromatic rings. The smallest absolute Gasteiger partial charge is 0.0594 e. The van der Waals surface area contributed by atoms with Crippen LogP contribution in [-0.2, 0) is 4.74 Å². The SMILES string of the molecule is C=C1C2(C)CCCC(O)C2CC1(C1CCCCC1)C(C)N1CCOCC1. The van der Waals surface area contributed by atoms with Crippen LogP contribution in [0.15, 0.2) is 12.2 Å². The molecule has 1 N–H and O–H groups in total. The Hall–Kier alpha value is -0.380. The van der Waals surface area contributed by atoms with E-state index in [9.17, 15) is 5.11 Å². The van der Waals surface area contributed by atoms with Crippen LogP contribution in [-0.4, -0.2) is 48.5 Å². The van der Waals surface area contributed by atoms with Crippen molar-refractivity contribution < 1.29 is 9.84 Å². The first-order valence-electron chi connectivity index (χ1n) is 11.2. The van der Waals surface area contributed by atoms with Gasteiger partial charge in [-0.05, 0) is 62.7 Å². The van der Waals surface area contributed by atoms with Crippen molar-refractivity contribution in [1.29, 1.82) is 0 Å². The molecule has 1 aliphatic heterocycles. The van der Waals surface area contributed by atoms with E-state index in [2.05, 4.69) is 18.7 Å². The Balaban J connectivity index is 1.72. The van der Waals surface area contributed by atoms with E-state index in [1.54, 1.807) is 0 Å². The van der Waals surface area contributed by atoms with Gasteiger partial charge < -0.3 is 9.84 Å². The number of nitrogens with zero attached hydrogens (tertiary/aromatic N) is 1. The van der Waals surface area contributed by atoms with Gasteiger partial charge in [-0.15, -0.1) is 0 Å². The number of fused-ring (bicyclic) bond motifs is 1. The lowest BCUT2D eigenvalue weighted by molar-refractivity contribution is -0.0345. The largest absolute Gasteiger partial charge is 0.393 e. The van der Waals surface area contributed by atoms with Gasteiger partial charge in [0.15, 0.2) is 0 Å². The van der Waals surface area contributed by atoms with Gasteiger partial charge in [0.05, 0.1) is 19.3 Å². The summed E-state index contributed by atoms with van der Waals surface area (Å²) in [6, 6.07) is 0.511. The van der Waals surface area contributed by atoms with E-state index in [4.69, 9.17) is 11.3 Å². The van der Waals surface area contributed by atoms with Crippen molar-refractivity contribution in [3.05, 3.63) is 12.2 Å². The fraction of sp³-hybridized carbons (Fsp3) is 0.913. The molecule has 4 aliphatic rings. The lowest BCUT2D eigenvalue weighted by Crippen LogP contribution is -2.53. The Bertz CT molecular complexity index is 522. The molecule has 0 spiro atoms. The Labute approximate surface area is 160 Å². The highest BCUT2D eigenvalue weighted by atomic mass is 16.5. The first-order chi connectivity index (χ1) is 12.5. The first-order valence-corrected chi connectivity index (χ1v) is 11.2. The number of aliphatic hydroxyl groups excluding tert-OH is 1. The Morgan fingerprint density at radius 3 is 2.46 bits per heavy atom. The summed E-state index contributed by atoms with van der Waals surface area (Å²) in [4.78, 5) is 2.68. The number of ether oxygens (including phenoxy) is 1. The highest BCUT2D eigenvalue weighted by Crippen LogP contribution is 2.67. The topological polar surface area (TPSA) is 32.7 Å². The second kappa shape index (κ2) is 7.22. The quantitative estimate of drug-likeness (QED) is 0.756. The molecular weight excluding hydrogens is 322 g/mol. The molecule has 5 unspecified atom stereocenters. The lowest BCUT2D eigenvalue weighted by Gasteiger charge is -2.51. The predicted molar refractivity (Wildman–Crippen MR) is 106 cm³/mol. The second-order valence-corrected chi connectivity index (χ2v) is 9.87. The third-order valence-corrected chi connectivity index (χ3v) is 8.96. The van der Waals surface area contributed by atoms with Crippen LogP contribution in [0.1, 0.15) is 71.6 Å². The van der Waals surface area contributed by atoms with Crippen molar-refractivity contribution in [2.75, 3.05) is 26.3 Å². The van der Waals surface area contributed by atoms with Crippen molar-refractivity contribution in [3.63, 3.8) is 0 Å². The molecule has 4 rings (SSSR count). The summed E-state index contributed by atoms with van der Waals surface area (Å²) < 4.78 is 5.65. The zero-order valence-electron chi connectivity index (χ0n) is 17.0. The second-order valence-electron chi connectivity index (χ2n) is 9.87. The van der Waals surface area contributed by atoms with E-state index in [0.717, 1.165) is 51.5 Å². The summed E-state index contributed by atoms with van der Waals surface area (Å²) in [5.74, 6) is 1.16. The number of rotatable bonds is 3. The fourth-order valence-corrected chi connectivity index (χ4v) is 7.33. The molecule has 1 saturated heterocycles. The highest BCUT2D eigenvalue weighted by molar-refractivity contribution is 5.32. The van der Waals surface area contributed by atoms with Crippen LogP contribution < -0.4 is 0 Å². The molecule has 0 radical (unpaired) electrons. The standard InChI is InChI=1S/C23H39NO2/c1-17-22(3)11-7-10-21(25)20(22)16-23(17,19-8-5-4-6-9-19)18(2)24-12-14-26-15-13-24/h18-21,25H,1,4-16H2,2-3H3. The molecule has 3 nitrogen and oxygen atoms in total. The highest BCUT2D eigenvalue weighted by Gasteiger charge is 2.62. The summed E-state index contributed by atoms with van der Waals surface area (Å²) in [6.45, 7) is 13.5. The maximum Gasteiger partial charge on any atom is 0.0594 e. The zero-order chi connectivity index (χ0) is 18.4. The monoisotopic (exact) mass is 361 g/mol. The van der Waals surface area contributed by atoms with Gasteiger partial charge in [-0.2, -0.15) is 0 Å². The molecule has 0 aromatic heterocycles. The van der Waals surface area contributed by atoms with Gasteiger partial charge in [0.2, 0.25) is 0 Å². The van der Waals surface area contributed by atoms with Crippen LogP contribution in [0.25, 0.3) is 0 Å². The minimum Gasteiger partial charge on any atom is -0.393 e. The molecule has 0 bridgehead atoms. The third-order valence-electron chi connectivity index (χ3n) is 8.96. The van der Waals surface area contributed by atoms with Crippen LogP contribution >= 0.6 is 0 Å². The summed E-state index contributed by atoms with van der Waals surface area (Å²) in [5.41, 5.74) is 1.82. The molecule has 3 heteroatoms. The summed E-state index contributed by atoms with van der Waals surface area (Å²) >= 11 is 0. The van der Waals surface area contributed by atoms with E-state index in [1.165, 1.54) is 44.1 Å². The number of morpholine rings is 1. The predicted octanol–water partition coefficient (Wildman–Crippen LogP) is 4.40. The van der Waals surface area contributed by atoms with Crippen LogP contribution in [0.3, 0.4) is 0 Å². The molecule has 3 saturated carbocycles. The molecule has 0 aromatic carbocycles. The van der Waals surface area contributed by atoms with Gasteiger partial charge in [-0.25, -0.2) is 0 Å². The van der Waals surface area contributed by atoms with Gasteiger partial charge in [0.1, 0.15) is 0 Å². The molecule has 3 aliphatic carbocycles. The van der Waals surface area contributed by atoms with Crippen LogP contribution in [0, 0.1) is 22.7 Å². The van der Waals surface area contributed by atoms with E-state index in [1.807, 2.05) is 0 Å². The van der Waals surface area contributed by atoms with Gasteiger partial charge in [0.25, 0.3) is 0 Å². The van der Waals surface area contributed by atoms with Crippen molar-refractivity contribution in [2.45, 2.75) is 83.8 Å². The van der Waals surface area contributed by atoms with Crippen LogP contribution in [0.2, 0.25) is 0 Å². The van der Waals surface area contributed by atoms with Crippen molar-refractivity contribution >= 4 is 0 Å². The number of hydrogen-bond donors (Lipinski definition) is 1. The van der Waals surface area contributed by atoms with Crippen molar-refractivity contribution in [2.24, 2.45) is 22.7 Å². The lowest BCUT2D eigenvalue weighted by atomic mass is 9.59. The van der Waals surface area contributed by atoms with E-state index >= 15 is 0 Å². The molecule has 5 atom stereocenters. The molecule has 0 amide bonds. The summed E-state index contributed by atoms with van der Waals surface area (Å²) in [6.07, 6.45) is 11.2. The van der Waals surface area contributed by atoms with Gasteiger partial charge in [-0.1, -0.05) is 38.3 Å². The van der Waals surface area contributed by atoms with Gasteiger partial charge in [-0.3, -0.25) is 4.90 Å². The average Bonchev–Trinajstić information content (AvgIpc) is 2.93. The fourth-order valence-electron chi connectivity index (χ4n) is 7.33. The Morgan fingerprint density at radius 2 is 1.81 bits per heavy atom. The van der Waals surface area contributed by atoms with E-state index in [0.29, 0.717) is 12.0 Å². The Morgan fingerprint density at radius 1 is 1.12 bits per heavy atom. The van der Waals surface area contributed by atoms with Crippen LogP contribution in [0.4, 0.5) is 0 Å². The minimum absolute atomic E-state index is 0.132. The Kier molecular flexibility index (Phi) is 5.26. The first kappa shape index (κ1) is 19.0. The number of hydrogen-bond acceptors (Lipinski definition) is 3. The molecule has 26 heavy (non-hydrogen) atoms. The van der Waals surface area contributed by atoms with E-state index in [-0.39, 0.29) is 16.9 Å². The normalized spacial score (nSPS) is 44.0. The van der Waals surface area contributed by atoms with Crippen molar-refractivity contribution in [3.8, 4) is 0 Å². The maximum absolute atomic E-state index is 10.9. The van der Waals surface area contributed by atoms with Crippen molar-refractivity contribution in [1.82, 2.24) is 4.90 Å². The van der Waals surface area contributed by atoms with Gasteiger partial charge in [0, 0.05) is 24.5 Å². The van der Waals surface area contributed by atoms with E-state index < -0.39 is 0 Å². The number of aliphatic hydroxyl groups is 1. The van der Waals surface area contributed by atoms with Crippen LogP contribution in [0.5, 0.6) is 0 Å². The summed E-state index contributed by atoms with van der Waals surface area (Å²) in [7, 11) is 0. The molecule has 1 heterocycles. The molecule has 4 fully saturated rings.